The Hall–Kier alpha value is -2.34. The van der Waals surface area contributed by atoms with Crippen molar-refractivity contribution < 1.29 is 31.7 Å². The molecule has 1 saturated carbocycles. The SMILES string of the molecule is N=S(=O)(c1ccc(CC2CC3(C2)CN(C(=O)N2CC4(COCC(=O)N4)C2)C3)cc1)C(F)(F)F. The Kier molecular flexibility index (Phi) is 4.99. The van der Waals surface area contributed by atoms with Gasteiger partial charge in [-0.1, -0.05) is 12.1 Å². The number of nitrogens with zero attached hydrogens (tertiary/aromatic N) is 2. The molecule has 0 bridgehead atoms. The molecule has 4 aliphatic rings. The van der Waals surface area contributed by atoms with Gasteiger partial charge in [-0.2, -0.15) is 13.2 Å². The number of likely N-dealkylation sites (tertiary alicyclic amines) is 2. The number of hydrogen-bond acceptors (Lipinski definition) is 5. The second kappa shape index (κ2) is 7.33. The van der Waals surface area contributed by atoms with Crippen LogP contribution < -0.4 is 5.32 Å². The van der Waals surface area contributed by atoms with Crippen molar-refractivity contribution in [3.63, 3.8) is 0 Å². The van der Waals surface area contributed by atoms with Gasteiger partial charge in [0.1, 0.15) is 6.61 Å². The molecule has 4 fully saturated rings. The maximum atomic E-state index is 12.8. The highest BCUT2D eigenvalue weighted by Gasteiger charge is 2.56. The Morgan fingerprint density at radius 2 is 1.76 bits per heavy atom. The third-order valence-electron chi connectivity index (χ3n) is 7.15. The Labute approximate surface area is 189 Å². The van der Waals surface area contributed by atoms with Crippen LogP contribution in [0, 0.1) is 16.1 Å². The summed E-state index contributed by atoms with van der Waals surface area (Å²) >= 11 is 0. The number of alkyl halides is 3. The van der Waals surface area contributed by atoms with Gasteiger partial charge in [-0.15, -0.1) is 0 Å². The molecule has 1 aromatic carbocycles. The molecule has 3 heterocycles. The Bertz CT molecular complexity index is 1070. The highest BCUT2D eigenvalue weighted by Crippen LogP contribution is 2.53. The second-order valence-electron chi connectivity index (χ2n) is 9.94. The maximum absolute atomic E-state index is 12.8. The fraction of sp³-hybridized carbons (Fsp3) is 0.619. The first-order valence-electron chi connectivity index (χ1n) is 10.8. The molecular weight excluding hydrogens is 461 g/mol. The average Bonchev–Trinajstić information content (AvgIpc) is 2.66. The molecule has 2 N–H and O–H groups in total. The molecule has 3 aliphatic heterocycles. The summed E-state index contributed by atoms with van der Waals surface area (Å²) in [7, 11) is -4.83. The molecule has 0 aromatic heterocycles. The lowest BCUT2D eigenvalue weighted by Gasteiger charge is -2.61. The van der Waals surface area contributed by atoms with Gasteiger partial charge in [0.2, 0.25) is 5.91 Å². The Balaban J connectivity index is 1.07. The van der Waals surface area contributed by atoms with Crippen molar-refractivity contribution in [2.75, 3.05) is 39.4 Å². The number of rotatable bonds is 3. The summed E-state index contributed by atoms with van der Waals surface area (Å²) in [5, 5.41) is 2.92. The van der Waals surface area contributed by atoms with Gasteiger partial charge in [0.05, 0.1) is 17.0 Å². The minimum Gasteiger partial charge on any atom is -0.369 e. The molecule has 1 aliphatic carbocycles. The number of halogens is 3. The molecule has 180 valence electrons. The van der Waals surface area contributed by atoms with Crippen LogP contribution >= 0.6 is 0 Å². The van der Waals surface area contributed by atoms with E-state index in [0.717, 1.165) is 30.5 Å². The van der Waals surface area contributed by atoms with E-state index >= 15 is 0 Å². The lowest BCUT2D eigenvalue weighted by Crippen LogP contribution is -2.78. The van der Waals surface area contributed by atoms with E-state index < -0.39 is 25.7 Å². The molecule has 5 rings (SSSR count). The van der Waals surface area contributed by atoms with Crippen molar-refractivity contribution in [2.45, 2.75) is 35.2 Å². The van der Waals surface area contributed by atoms with Crippen LogP contribution in [0.25, 0.3) is 0 Å². The van der Waals surface area contributed by atoms with E-state index in [0.29, 0.717) is 45.1 Å². The average molecular weight is 487 g/mol. The van der Waals surface area contributed by atoms with E-state index in [-0.39, 0.29) is 24.0 Å². The van der Waals surface area contributed by atoms with Crippen molar-refractivity contribution in [1.82, 2.24) is 15.1 Å². The zero-order valence-electron chi connectivity index (χ0n) is 17.8. The first kappa shape index (κ1) is 22.5. The Morgan fingerprint density at radius 3 is 2.33 bits per heavy atom. The molecule has 12 heteroatoms. The van der Waals surface area contributed by atoms with E-state index in [1.165, 1.54) is 12.1 Å². The van der Waals surface area contributed by atoms with Crippen molar-refractivity contribution in [3.8, 4) is 0 Å². The van der Waals surface area contributed by atoms with Gasteiger partial charge in [-0.05, 0) is 42.9 Å². The van der Waals surface area contributed by atoms with Gasteiger partial charge >= 0.3 is 11.5 Å². The number of ether oxygens (including phenoxy) is 1. The van der Waals surface area contributed by atoms with Crippen LogP contribution in [0.5, 0.6) is 0 Å². The third kappa shape index (κ3) is 3.86. The number of carbonyl (C=O) groups excluding carboxylic acids is 2. The predicted octanol–water partition coefficient (Wildman–Crippen LogP) is 2.19. The first-order valence-corrected chi connectivity index (χ1v) is 12.3. The van der Waals surface area contributed by atoms with Gasteiger partial charge < -0.3 is 19.9 Å². The van der Waals surface area contributed by atoms with Crippen molar-refractivity contribution in [2.24, 2.45) is 11.3 Å². The molecule has 3 amide bonds. The van der Waals surface area contributed by atoms with Gasteiger partial charge in [-0.3, -0.25) is 4.79 Å². The number of hydrogen-bond donors (Lipinski definition) is 2. The number of urea groups is 1. The zero-order valence-corrected chi connectivity index (χ0v) is 18.6. The smallest absolute Gasteiger partial charge is 0.369 e. The first-order chi connectivity index (χ1) is 15.4. The van der Waals surface area contributed by atoms with Crippen LogP contribution in [0.2, 0.25) is 0 Å². The topological polar surface area (TPSA) is 103 Å². The number of amides is 3. The zero-order chi connectivity index (χ0) is 23.6. The number of carbonyl (C=O) groups is 2. The van der Waals surface area contributed by atoms with Gasteiger partial charge in [0.15, 0.2) is 9.73 Å². The number of morpholine rings is 1. The number of benzene rings is 1. The second-order valence-corrected chi connectivity index (χ2v) is 12.0. The van der Waals surface area contributed by atoms with Crippen molar-refractivity contribution in [3.05, 3.63) is 29.8 Å². The molecule has 0 radical (unpaired) electrons. The van der Waals surface area contributed by atoms with Crippen LogP contribution in [-0.4, -0.2) is 76.4 Å². The number of nitrogens with one attached hydrogen (secondary N) is 2. The minimum atomic E-state index is -5.09. The summed E-state index contributed by atoms with van der Waals surface area (Å²) in [6.07, 6.45) is 2.60. The lowest BCUT2D eigenvalue weighted by atomic mass is 9.56. The van der Waals surface area contributed by atoms with E-state index in [1.807, 2.05) is 4.90 Å². The molecule has 2 spiro atoms. The molecular formula is C21H25F3N4O4S. The summed E-state index contributed by atoms with van der Waals surface area (Å²) in [5.74, 6) is 0.234. The van der Waals surface area contributed by atoms with Crippen molar-refractivity contribution >= 4 is 21.7 Å². The van der Waals surface area contributed by atoms with Crippen LogP contribution in [0.1, 0.15) is 18.4 Å². The van der Waals surface area contributed by atoms with Crippen LogP contribution in [0.3, 0.4) is 0 Å². The van der Waals surface area contributed by atoms with E-state index in [2.05, 4.69) is 5.32 Å². The molecule has 1 aromatic rings. The fourth-order valence-corrected chi connectivity index (χ4v) is 6.43. The summed E-state index contributed by atoms with van der Waals surface area (Å²) in [4.78, 5) is 27.2. The van der Waals surface area contributed by atoms with Gasteiger partial charge in [0.25, 0.3) is 0 Å². The largest absolute Gasteiger partial charge is 0.483 e. The quantitative estimate of drug-likeness (QED) is 0.684. The van der Waals surface area contributed by atoms with E-state index in [9.17, 15) is 27.0 Å². The van der Waals surface area contributed by atoms with Gasteiger partial charge in [-0.25, -0.2) is 13.8 Å². The highest BCUT2D eigenvalue weighted by molar-refractivity contribution is 7.93. The van der Waals surface area contributed by atoms with Crippen LogP contribution in [0.15, 0.2) is 29.2 Å². The van der Waals surface area contributed by atoms with E-state index in [1.54, 1.807) is 4.90 Å². The summed E-state index contributed by atoms with van der Waals surface area (Å²) in [5.41, 5.74) is -4.56. The fourth-order valence-electron chi connectivity index (χ4n) is 5.65. The summed E-state index contributed by atoms with van der Waals surface area (Å²) in [6.45, 7) is 2.79. The Morgan fingerprint density at radius 1 is 1.15 bits per heavy atom. The normalized spacial score (nSPS) is 25.6. The molecule has 1 unspecified atom stereocenters. The minimum absolute atomic E-state index is 0.0197. The van der Waals surface area contributed by atoms with E-state index in [4.69, 9.17) is 9.52 Å². The molecule has 3 saturated heterocycles. The monoisotopic (exact) mass is 486 g/mol. The summed E-state index contributed by atoms with van der Waals surface area (Å²) in [6, 6.07) is 5.29. The molecule has 1 atom stereocenters. The summed E-state index contributed by atoms with van der Waals surface area (Å²) < 4.78 is 62.5. The molecule has 8 nitrogen and oxygen atoms in total. The van der Waals surface area contributed by atoms with Crippen LogP contribution in [-0.2, 0) is 25.7 Å². The van der Waals surface area contributed by atoms with Crippen LogP contribution in [0.4, 0.5) is 18.0 Å². The van der Waals surface area contributed by atoms with Gasteiger partial charge in [0, 0.05) is 31.6 Å². The third-order valence-corrected chi connectivity index (χ3v) is 8.73. The lowest BCUT2D eigenvalue weighted by molar-refractivity contribution is -0.142. The predicted molar refractivity (Wildman–Crippen MR) is 111 cm³/mol. The molecule has 33 heavy (non-hydrogen) atoms. The standard InChI is InChI=1S/C21H25F3N4O4S/c22-21(23,24)33(25,31)16-3-1-14(2-4-16)5-15-6-19(7-15)9-27(10-19)18(30)28-11-20(12-28)13-32-8-17(29)26-20/h1-4,15,25H,5-13H2,(H,26,29). The highest BCUT2D eigenvalue weighted by atomic mass is 32.2. The van der Waals surface area contributed by atoms with Crippen molar-refractivity contribution in [1.29, 1.82) is 4.78 Å². The maximum Gasteiger partial charge on any atom is 0.483 e.